The summed E-state index contributed by atoms with van der Waals surface area (Å²) < 4.78 is 5.94. The first-order chi connectivity index (χ1) is 8.48. The van der Waals surface area contributed by atoms with Gasteiger partial charge in [-0.1, -0.05) is 0 Å². The zero-order valence-corrected chi connectivity index (χ0v) is 12.6. The third-order valence-corrected chi connectivity index (χ3v) is 4.16. The van der Waals surface area contributed by atoms with Gasteiger partial charge in [-0.15, -0.1) is 11.3 Å². The standard InChI is InChI=1S/C14H24N2OS/c1-11-8-16(10-14(2,3)17-11)9-13-6-5-12(18-13)7-15-4/h5-6,11,15H,7-10H2,1-4H3. The molecule has 1 fully saturated rings. The fraction of sp³-hybridized carbons (Fsp3) is 0.714. The van der Waals surface area contributed by atoms with E-state index in [2.05, 4.69) is 43.1 Å². The second kappa shape index (κ2) is 5.70. The Bertz CT molecular complexity index is 389. The molecule has 1 N–H and O–H groups in total. The fourth-order valence-corrected chi connectivity index (χ4v) is 3.78. The average Bonchev–Trinajstić information content (AvgIpc) is 2.62. The molecule has 0 spiro atoms. The minimum atomic E-state index is -0.0251. The van der Waals surface area contributed by atoms with Crippen LogP contribution in [-0.4, -0.2) is 36.7 Å². The van der Waals surface area contributed by atoms with E-state index in [-0.39, 0.29) is 5.60 Å². The van der Waals surface area contributed by atoms with E-state index in [1.54, 1.807) is 0 Å². The largest absolute Gasteiger partial charge is 0.370 e. The topological polar surface area (TPSA) is 24.5 Å². The molecule has 2 rings (SSSR count). The average molecular weight is 268 g/mol. The monoisotopic (exact) mass is 268 g/mol. The summed E-state index contributed by atoms with van der Waals surface area (Å²) in [5.41, 5.74) is -0.0251. The summed E-state index contributed by atoms with van der Waals surface area (Å²) in [5.74, 6) is 0. The lowest BCUT2D eigenvalue weighted by atomic mass is 10.1. The fourth-order valence-electron chi connectivity index (χ4n) is 2.70. The van der Waals surface area contributed by atoms with E-state index in [0.717, 1.165) is 26.2 Å². The lowest BCUT2D eigenvalue weighted by Crippen LogP contribution is -2.51. The van der Waals surface area contributed by atoms with Gasteiger partial charge >= 0.3 is 0 Å². The highest BCUT2D eigenvalue weighted by molar-refractivity contribution is 7.11. The molecule has 102 valence electrons. The molecule has 0 aromatic carbocycles. The highest BCUT2D eigenvalue weighted by Crippen LogP contribution is 2.24. The first-order valence-electron chi connectivity index (χ1n) is 6.61. The van der Waals surface area contributed by atoms with Crippen LogP contribution in [0.3, 0.4) is 0 Å². The summed E-state index contributed by atoms with van der Waals surface area (Å²) >= 11 is 1.91. The number of hydrogen-bond acceptors (Lipinski definition) is 4. The van der Waals surface area contributed by atoms with Gasteiger partial charge in [-0.2, -0.15) is 0 Å². The zero-order chi connectivity index (χ0) is 13.2. The Morgan fingerprint density at radius 2 is 2.17 bits per heavy atom. The van der Waals surface area contributed by atoms with E-state index in [1.165, 1.54) is 9.75 Å². The first-order valence-corrected chi connectivity index (χ1v) is 7.42. The molecule has 0 saturated carbocycles. The van der Waals surface area contributed by atoms with Crippen LogP contribution >= 0.6 is 11.3 Å². The summed E-state index contributed by atoms with van der Waals surface area (Å²) in [6, 6.07) is 4.48. The molecule has 0 amide bonds. The molecular weight excluding hydrogens is 244 g/mol. The molecule has 18 heavy (non-hydrogen) atoms. The summed E-state index contributed by atoms with van der Waals surface area (Å²) in [5, 5.41) is 3.20. The Balaban J connectivity index is 1.95. The highest BCUT2D eigenvalue weighted by atomic mass is 32.1. The Hall–Kier alpha value is -0.420. The number of ether oxygens (including phenoxy) is 1. The van der Waals surface area contributed by atoms with Crippen molar-refractivity contribution in [2.24, 2.45) is 0 Å². The highest BCUT2D eigenvalue weighted by Gasteiger charge is 2.31. The zero-order valence-electron chi connectivity index (χ0n) is 11.8. The number of nitrogens with zero attached hydrogens (tertiary/aromatic N) is 1. The van der Waals surface area contributed by atoms with Crippen LogP contribution in [0.5, 0.6) is 0 Å². The second-order valence-corrected chi connectivity index (χ2v) is 7.01. The van der Waals surface area contributed by atoms with E-state index in [0.29, 0.717) is 6.10 Å². The predicted molar refractivity (Wildman–Crippen MR) is 77.0 cm³/mol. The van der Waals surface area contributed by atoms with Crippen molar-refractivity contribution in [1.29, 1.82) is 0 Å². The van der Waals surface area contributed by atoms with Crippen LogP contribution in [0.15, 0.2) is 12.1 Å². The summed E-state index contributed by atoms with van der Waals surface area (Å²) in [6.45, 7) is 10.6. The molecule has 0 bridgehead atoms. The molecule has 2 heterocycles. The van der Waals surface area contributed by atoms with Crippen molar-refractivity contribution < 1.29 is 4.74 Å². The van der Waals surface area contributed by atoms with Crippen molar-refractivity contribution in [2.45, 2.75) is 45.6 Å². The Morgan fingerprint density at radius 3 is 2.83 bits per heavy atom. The van der Waals surface area contributed by atoms with E-state index in [9.17, 15) is 0 Å². The maximum absolute atomic E-state index is 5.94. The smallest absolute Gasteiger partial charge is 0.0757 e. The molecule has 1 aromatic rings. The van der Waals surface area contributed by atoms with E-state index in [1.807, 2.05) is 18.4 Å². The van der Waals surface area contributed by atoms with Gasteiger partial charge in [-0.25, -0.2) is 0 Å². The van der Waals surface area contributed by atoms with Crippen LogP contribution < -0.4 is 5.32 Å². The predicted octanol–water partition coefficient (Wildman–Crippen LogP) is 2.47. The number of thiophene rings is 1. The lowest BCUT2D eigenvalue weighted by molar-refractivity contribution is -0.130. The van der Waals surface area contributed by atoms with Crippen molar-refractivity contribution in [1.82, 2.24) is 10.2 Å². The SMILES string of the molecule is CNCc1ccc(CN2CC(C)OC(C)(C)C2)s1. The number of hydrogen-bond donors (Lipinski definition) is 1. The molecule has 0 radical (unpaired) electrons. The van der Waals surface area contributed by atoms with Crippen LogP contribution in [0.25, 0.3) is 0 Å². The van der Waals surface area contributed by atoms with Gasteiger partial charge in [0.1, 0.15) is 0 Å². The van der Waals surface area contributed by atoms with Gasteiger partial charge in [0.15, 0.2) is 0 Å². The summed E-state index contributed by atoms with van der Waals surface area (Å²) in [7, 11) is 1.99. The van der Waals surface area contributed by atoms with E-state index < -0.39 is 0 Å². The summed E-state index contributed by atoms with van der Waals surface area (Å²) in [6.07, 6.45) is 0.325. The molecule has 1 aliphatic rings. The minimum absolute atomic E-state index is 0.0251. The van der Waals surface area contributed by atoms with Crippen molar-refractivity contribution in [3.63, 3.8) is 0 Å². The van der Waals surface area contributed by atoms with Crippen molar-refractivity contribution in [3.8, 4) is 0 Å². The van der Waals surface area contributed by atoms with E-state index >= 15 is 0 Å². The molecule has 1 saturated heterocycles. The molecule has 1 atom stereocenters. The van der Waals surface area contributed by atoms with Crippen molar-refractivity contribution in [3.05, 3.63) is 21.9 Å². The molecule has 3 nitrogen and oxygen atoms in total. The van der Waals surface area contributed by atoms with Crippen LogP contribution in [0, 0.1) is 0 Å². The van der Waals surface area contributed by atoms with Crippen LogP contribution in [0.2, 0.25) is 0 Å². The van der Waals surface area contributed by atoms with Gasteiger partial charge in [0.2, 0.25) is 0 Å². The maximum atomic E-state index is 5.94. The Labute approximate surface area is 114 Å². The van der Waals surface area contributed by atoms with Gasteiger partial charge in [0.05, 0.1) is 11.7 Å². The minimum Gasteiger partial charge on any atom is -0.370 e. The second-order valence-electron chi connectivity index (χ2n) is 5.76. The van der Waals surface area contributed by atoms with Crippen LogP contribution in [-0.2, 0) is 17.8 Å². The Kier molecular flexibility index (Phi) is 4.43. The van der Waals surface area contributed by atoms with Gasteiger partial charge in [-0.05, 0) is 40.0 Å². The molecular formula is C14H24N2OS. The normalized spacial score (nSPS) is 24.3. The van der Waals surface area contributed by atoms with Gasteiger partial charge in [0.25, 0.3) is 0 Å². The van der Waals surface area contributed by atoms with Gasteiger partial charge < -0.3 is 10.1 Å². The lowest BCUT2D eigenvalue weighted by Gasteiger charge is -2.41. The van der Waals surface area contributed by atoms with Crippen LogP contribution in [0.1, 0.15) is 30.5 Å². The third-order valence-electron chi connectivity index (χ3n) is 3.09. The van der Waals surface area contributed by atoms with Crippen molar-refractivity contribution in [2.75, 3.05) is 20.1 Å². The Morgan fingerprint density at radius 1 is 1.44 bits per heavy atom. The van der Waals surface area contributed by atoms with Crippen LogP contribution in [0.4, 0.5) is 0 Å². The quantitative estimate of drug-likeness (QED) is 0.908. The molecule has 4 heteroatoms. The maximum Gasteiger partial charge on any atom is 0.0757 e. The molecule has 1 aromatic heterocycles. The molecule has 0 aliphatic carbocycles. The third kappa shape index (κ3) is 3.79. The molecule has 1 aliphatic heterocycles. The number of rotatable bonds is 4. The van der Waals surface area contributed by atoms with E-state index in [4.69, 9.17) is 4.74 Å². The summed E-state index contributed by atoms with van der Waals surface area (Å²) in [4.78, 5) is 5.36. The van der Waals surface area contributed by atoms with Crippen molar-refractivity contribution >= 4 is 11.3 Å². The molecule has 1 unspecified atom stereocenters. The number of morpholine rings is 1. The first kappa shape index (κ1) is 14.0. The van der Waals surface area contributed by atoms with Gasteiger partial charge in [-0.3, -0.25) is 4.90 Å². The number of nitrogens with one attached hydrogen (secondary N) is 1. The van der Waals surface area contributed by atoms with Gasteiger partial charge in [0, 0.05) is 35.9 Å².